The van der Waals surface area contributed by atoms with Gasteiger partial charge in [-0.25, -0.2) is 4.28 Å². The molecule has 0 aromatic rings. The molecule has 1 heterocycles. The van der Waals surface area contributed by atoms with E-state index in [-0.39, 0.29) is 30.1 Å². The summed E-state index contributed by atoms with van der Waals surface area (Å²) in [5.74, 6) is 0.259. The maximum atomic E-state index is 11.1. The van der Waals surface area contributed by atoms with E-state index in [1.54, 1.807) is 0 Å². The van der Waals surface area contributed by atoms with Crippen LogP contribution in [0.15, 0.2) is 5.16 Å². The number of hydrogen-bond donors (Lipinski definition) is 6. The molecule has 6 N–H and O–H groups in total. The third-order valence-electron chi connectivity index (χ3n) is 3.76. The molecule has 7 atom stereocenters. The first-order valence-corrected chi connectivity index (χ1v) is 12.1. The molecule has 1 saturated heterocycles. The van der Waals surface area contributed by atoms with Crippen molar-refractivity contribution in [3.8, 4) is 0 Å². The minimum atomic E-state index is -4.90. The molecule has 1 fully saturated rings. The fourth-order valence-electron chi connectivity index (χ4n) is 2.25. The van der Waals surface area contributed by atoms with Crippen molar-refractivity contribution in [2.75, 3.05) is 18.6 Å². The number of aliphatic hydroxyl groups is 5. The van der Waals surface area contributed by atoms with Gasteiger partial charge in [0.1, 0.15) is 34.9 Å². The summed E-state index contributed by atoms with van der Waals surface area (Å²) < 4.78 is 50.5. The number of ether oxygens (including phenoxy) is 1. The van der Waals surface area contributed by atoms with Crippen LogP contribution >= 0.6 is 11.8 Å². The molecular formula is C13H25NO11S3. The van der Waals surface area contributed by atoms with E-state index in [2.05, 4.69) is 9.44 Å². The predicted octanol–water partition coefficient (Wildman–Crippen LogP) is -2.44. The van der Waals surface area contributed by atoms with Crippen molar-refractivity contribution in [1.82, 2.24) is 0 Å². The van der Waals surface area contributed by atoms with E-state index in [0.717, 1.165) is 0 Å². The van der Waals surface area contributed by atoms with Crippen molar-refractivity contribution in [3.05, 3.63) is 0 Å². The first-order valence-electron chi connectivity index (χ1n) is 8.12. The maximum Gasteiger partial charge on any atom is 0.466 e. The lowest BCUT2D eigenvalue weighted by molar-refractivity contribution is -0.205. The minimum Gasteiger partial charge on any atom is -0.394 e. The number of hydrogen-bond acceptors (Lipinski definition) is 12. The van der Waals surface area contributed by atoms with E-state index < -0.39 is 63.8 Å². The molecule has 12 nitrogen and oxygen atoms in total. The lowest BCUT2D eigenvalue weighted by Gasteiger charge is -2.39. The molecule has 7 unspecified atom stereocenters. The van der Waals surface area contributed by atoms with Gasteiger partial charge in [-0.15, -0.1) is 0 Å². The molecule has 0 aliphatic carbocycles. The molecule has 0 aromatic carbocycles. The van der Waals surface area contributed by atoms with Crippen LogP contribution in [0.3, 0.4) is 0 Å². The Kier molecular flexibility index (Phi) is 10.8. The fraction of sp³-hybridized carbons (Fsp3) is 0.923. The van der Waals surface area contributed by atoms with Gasteiger partial charge < -0.3 is 30.3 Å². The van der Waals surface area contributed by atoms with E-state index in [9.17, 15) is 38.2 Å². The summed E-state index contributed by atoms with van der Waals surface area (Å²) in [7, 11) is -6.00. The van der Waals surface area contributed by atoms with Crippen molar-refractivity contribution in [1.29, 1.82) is 0 Å². The van der Waals surface area contributed by atoms with Gasteiger partial charge in [-0.1, -0.05) is 16.9 Å². The topological polar surface area (TPSA) is 203 Å². The highest BCUT2D eigenvalue weighted by molar-refractivity contribution is 8.14. The number of thioether (sulfide) groups is 1. The Hall–Kier alpha value is -0.360. The molecule has 1 aliphatic rings. The number of oxime groups is 1. The van der Waals surface area contributed by atoms with E-state index in [0.29, 0.717) is 11.8 Å². The summed E-state index contributed by atoms with van der Waals surface area (Å²) in [6, 6.07) is 0. The Morgan fingerprint density at radius 3 is 2.43 bits per heavy atom. The Morgan fingerprint density at radius 2 is 1.89 bits per heavy atom. The van der Waals surface area contributed by atoms with E-state index in [4.69, 9.17) is 9.29 Å². The van der Waals surface area contributed by atoms with Crippen molar-refractivity contribution in [2.24, 2.45) is 5.16 Å². The van der Waals surface area contributed by atoms with E-state index >= 15 is 0 Å². The molecule has 0 spiro atoms. The highest BCUT2D eigenvalue weighted by Gasteiger charge is 2.44. The molecule has 0 saturated carbocycles. The molecule has 15 heteroatoms. The van der Waals surface area contributed by atoms with Crippen LogP contribution < -0.4 is 0 Å². The van der Waals surface area contributed by atoms with Crippen LogP contribution in [-0.2, 0) is 30.2 Å². The lowest BCUT2D eigenvalue weighted by Crippen LogP contribution is -2.57. The minimum absolute atomic E-state index is 0.0628. The molecule has 0 bridgehead atoms. The predicted molar refractivity (Wildman–Crippen MR) is 100 cm³/mol. The number of nitrogens with zero attached hydrogens (tertiary/aromatic N) is 1. The van der Waals surface area contributed by atoms with Crippen LogP contribution in [0.5, 0.6) is 0 Å². The van der Waals surface area contributed by atoms with Gasteiger partial charge >= 0.3 is 10.4 Å². The molecular weight excluding hydrogens is 442 g/mol. The van der Waals surface area contributed by atoms with Gasteiger partial charge in [0.2, 0.25) is 0 Å². The molecule has 1 rings (SSSR count). The van der Waals surface area contributed by atoms with Crippen LogP contribution in [0.4, 0.5) is 0 Å². The Bertz CT molecular complexity index is 642. The van der Waals surface area contributed by atoms with Gasteiger partial charge in [0.25, 0.3) is 0 Å². The van der Waals surface area contributed by atoms with Crippen molar-refractivity contribution < 1.29 is 51.7 Å². The first kappa shape index (κ1) is 25.7. The maximum absolute atomic E-state index is 11.1. The van der Waals surface area contributed by atoms with Crippen LogP contribution in [0.25, 0.3) is 0 Å². The Balaban J connectivity index is 2.83. The normalized spacial score (nSPS) is 31.4. The van der Waals surface area contributed by atoms with E-state index in [1.165, 1.54) is 6.26 Å². The van der Waals surface area contributed by atoms with Gasteiger partial charge in [0.15, 0.2) is 0 Å². The summed E-state index contributed by atoms with van der Waals surface area (Å²) in [5.41, 5.74) is -1.25. The smallest absolute Gasteiger partial charge is 0.394 e. The van der Waals surface area contributed by atoms with Crippen molar-refractivity contribution >= 4 is 38.0 Å². The zero-order valence-electron chi connectivity index (χ0n) is 14.9. The molecule has 166 valence electrons. The third kappa shape index (κ3) is 8.98. The van der Waals surface area contributed by atoms with Gasteiger partial charge in [-0.2, -0.15) is 8.42 Å². The van der Waals surface area contributed by atoms with Crippen LogP contribution in [0, 0.1) is 0 Å². The van der Waals surface area contributed by atoms with Crippen LogP contribution in [0.1, 0.15) is 19.3 Å². The molecule has 28 heavy (non-hydrogen) atoms. The lowest BCUT2D eigenvalue weighted by atomic mass is 10.0. The quantitative estimate of drug-likeness (QED) is 0.0858. The second-order valence-electron chi connectivity index (χ2n) is 6.06. The molecule has 0 amide bonds. The van der Waals surface area contributed by atoms with E-state index in [1.807, 2.05) is 0 Å². The monoisotopic (exact) mass is 467 g/mol. The van der Waals surface area contributed by atoms with Crippen molar-refractivity contribution in [3.63, 3.8) is 0 Å². The van der Waals surface area contributed by atoms with Gasteiger partial charge in [0, 0.05) is 29.2 Å². The average molecular weight is 468 g/mol. The number of rotatable bonds is 10. The van der Waals surface area contributed by atoms with Gasteiger partial charge in [0.05, 0.1) is 12.7 Å². The SMILES string of the molecule is CS(=O)CCC(O)CCC(=NOS(=O)(=O)O)SC1OC(CO)C(O)C(O)C1O. The molecule has 0 aromatic heterocycles. The first-order chi connectivity index (χ1) is 12.9. The zero-order chi connectivity index (χ0) is 21.5. The van der Waals surface area contributed by atoms with Crippen molar-refractivity contribution in [2.45, 2.75) is 55.2 Å². The standard InChI is InChI=1S/C13H25NO11S3/c1-27(20)5-4-7(16)2-3-9(14-25-28(21,22)23)26-13-12(19)11(18)10(17)8(6-15)24-13/h7-8,10-13,15-19H,2-6H2,1H3,(H,21,22,23). The summed E-state index contributed by atoms with van der Waals surface area (Å²) in [6.45, 7) is -0.650. The highest BCUT2D eigenvalue weighted by atomic mass is 32.3. The second kappa shape index (κ2) is 11.7. The number of aliphatic hydroxyl groups excluding tert-OH is 5. The average Bonchev–Trinajstić information content (AvgIpc) is 2.61. The highest BCUT2D eigenvalue weighted by Crippen LogP contribution is 2.30. The Labute approximate surface area is 168 Å². The largest absolute Gasteiger partial charge is 0.466 e. The molecule has 0 radical (unpaired) electrons. The summed E-state index contributed by atoms with van der Waals surface area (Å²) >= 11 is 0.630. The fourth-order valence-corrected chi connectivity index (χ4v) is 4.17. The summed E-state index contributed by atoms with van der Waals surface area (Å²) in [5, 5.41) is 51.8. The second-order valence-corrected chi connectivity index (χ2v) is 9.79. The van der Waals surface area contributed by atoms with Crippen LogP contribution in [0.2, 0.25) is 0 Å². The zero-order valence-corrected chi connectivity index (χ0v) is 17.3. The summed E-state index contributed by atoms with van der Waals surface area (Å²) in [4.78, 5) is 0. The molecule has 1 aliphatic heterocycles. The van der Waals surface area contributed by atoms with Gasteiger partial charge in [-0.05, 0) is 12.8 Å². The van der Waals surface area contributed by atoms with Gasteiger partial charge in [-0.3, -0.25) is 8.76 Å². The Morgan fingerprint density at radius 1 is 1.25 bits per heavy atom. The third-order valence-corrected chi connectivity index (χ3v) is 6.01. The summed E-state index contributed by atoms with van der Waals surface area (Å²) in [6.07, 6.45) is -5.16. The van der Waals surface area contributed by atoms with Crippen LogP contribution in [-0.4, -0.2) is 102 Å².